The number of nitrogens with zero attached hydrogens (tertiary/aromatic N) is 1. The van der Waals surface area contributed by atoms with E-state index in [0.717, 1.165) is 50.9 Å². The zero-order valence-electron chi connectivity index (χ0n) is 15.3. The number of nitrogens with one attached hydrogen (secondary N) is 2. The Morgan fingerprint density at radius 2 is 2.04 bits per heavy atom. The number of hydrogen-bond donors (Lipinski definition) is 2. The smallest absolute Gasteiger partial charge is 0.259 e. The van der Waals surface area contributed by atoms with Crippen LogP contribution < -0.4 is 15.6 Å². The van der Waals surface area contributed by atoms with Crippen molar-refractivity contribution in [1.29, 1.82) is 0 Å². The zero-order chi connectivity index (χ0) is 18.5. The van der Waals surface area contributed by atoms with E-state index in [2.05, 4.69) is 27.4 Å². The molecule has 26 heavy (non-hydrogen) atoms. The quantitative estimate of drug-likeness (QED) is 0.626. The summed E-state index contributed by atoms with van der Waals surface area (Å²) in [6.45, 7) is 5.51. The molecule has 0 saturated carbocycles. The maximum absolute atomic E-state index is 12.2. The molecule has 2 aromatic heterocycles. The number of aromatic amines is 1. The minimum absolute atomic E-state index is 0.0359. The van der Waals surface area contributed by atoms with Crippen molar-refractivity contribution >= 4 is 27.6 Å². The summed E-state index contributed by atoms with van der Waals surface area (Å²) >= 11 is 1.58. The van der Waals surface area contributed by atoms with Gasteiger partial charge in [-0.05, 0) is 37.1 Å². The van der Waals surface area contributed by atoms with E-state index in [1.165, 1.54) is 0 Å². The molecular weight excluding hydrogens is 346 g/mol. The molecular formula is C20H23N3O2S. The number of thiophene rings is 1. The highest BCUT2D eigenvalue weighted by molar-refractivity contribution is 7.18. The van der Waals surface area contributed by atoms with Crippen molar-refractivity contribution in [1.82, 2.24) is 15.3 Å². The Balaban J connectivity index is 1.51. The van der Waals surface area contributed by atoms with Crippen LogP contribution in [0, 0.1) is 13.8 Å². The lowest BCUT2D eigenvalue weighted by Gasteiger charge is -2.02. The normalized spacial score (nSPS) is 11.5. The monoisotopic (exact) mass is 369 g/mol. The van der Waals surface area contributed by atoms with E-state index >= 15 is 0 Å². The number of H-pyrrole nitrogens is 1. The Hall–Kier alpha value is -2.44. The molecule has 136 valence electrons. The first kappa shape index (κ1) is 18.4. The Labute approximate surface area is 156 Å². The van der Waals surface area contributed by atoms with Gasteiger partial charge in [-0.2, -0.15) is 0 Å². The average Bonchev–Trinajstić information content (AvgIpc) is 2.93. The lowest BCUT2D eigenvalue weighted by atomic mass is 10.2. The van der Waals surface area contributed by atoms with Crippen LogP contribution in [0.3, 0.4) is 0 Å². The second-order valence-electron chi connectivity index (χ2n) is 6.11. The van der Waals surface area contributed by atoms with Crippen LogP contribution in [0.4, 0.5) is 0 Å². The fourth-order valence-corrected chi connectivity index (χ4v) is 3.77. The summed E-state index contributed by atoms with van der Waals surface area (Å²) in [5, 5.41) is 4.07. The molecule has 3 rings (SSSR count). The van der Waals surface area contributed by atoms with Crippen LogP contribution in [0.2, 0.25) is 0 Å². The zero-order valence-corrected chi connectivity index (χ0v) is 16.1. The lowest BCUT2D eigenvalue weighted by Crippen LogP contribution is -2.20. The molecule has 0 aliphatic rings. The maximum atomic E-state index is 12.2. The van der Waals surface area contributed by atoms with Crippen molar-refractivity contribution < 1.29 is 4.74 Å². The number of aromatic nitrogens is 2. The number of benzene rings is 1. The Bertz CT molecular complexity index is 971. The maximum Gasteiger partial charge on any atom is 0.259 e. The van der Waals surface area contributed by atoms with Crippen LogP contribution in [0.25, 0.3) is 16.3 Å². The van der Waals surface area contributed by atoms with E-state index in [1.807, 2.05) is 38.1 Å². The minimum Gasteiger partial charge on any atom is -0.497 e. The average molecular weight is 369 g/mol. The largest absolute Gasteiger partial charge is 0.497 e. The third-order valence-electron chi connectivity index (χ3n) is 4.31. The van der Waals surface area contributed by atoms with E-state index < -0.39 is 0 Å². The van der Waals surface area contributed by atoms with Gasteiger partial charge in [0, 0.05) is 24.4 Å². The summed E-state index contributed by atoms with van der Waals surface area (Å²) in [4.78, 5) is 21.7. The predicted molar refractivity (Wildman–Crippen MR) is 108 cm³/mol. The fourth-order valence-electron chi connectivity index (χ4n) is 2.72. The second kappa shape index (κ2) is 8.29. The first-order chi connectivity index (χ1) is 12.6. The van der Waals surface area contributed by atoms with Crippen molar-refractivity contribution in [2.75, 3.05) is 20.2 Å². The molecule has 2 heterocycles. The molecule has 0 aliphatic heterocycles. The topological polar surface area (TPSA) is 67.0 Å². The molecule has 0 spiro atoms. The van der Waals surface area contributed by atoms with Gasteiger partial charge < -0.3 is 15.0 Å². The highest BCUT2D eigenvalue weighted by Crippen LogP contribution is 2.25. The molecule has 5 nitrogen and oxygen atoms in total. The molecule has 2 N–H and O–H groups in total. The summed E-state index contributed by atoms with van der Waals surface area (Å²) < 4.78 is 5.14. The van der Waals surface area contributed by atoms with Crippen LogP contribution in [-0.4, -0.2) is 30.2 Å². The molecule has 3 aromatic rings. The highest BCUT2D eigenvalue weighted by atomic mass is 32.1. The van der Waals surface area contributed by atoms with Gasteiger partial charge in [0.2, 0.25) is 0 Å². The van der Waals surface area contributed by atoms with Crippen molar-refractivity contribution in [3.05, 3.63) is 62.5 Å². The van der Waals surface area contributed by atoms with E-state index in [0.29, 0.717) is 6.42 Å². The van der Waals surface area contributed by atoms with Crippen LogP contribution >= 0.6 is 11.3 Å². The number of hydrogen-bond acceptors (Lipinski definition) is 5. The fraction of sp³-hybridized carbons (Fsp3) is 0.300. The molecule has 0 aliphatic carbocycles. The van der Waals surface area contributed by atoms with E-state index in [4.69, 9.17) is 4.74 Å². The number of fused-ring (bicyclic) bond motifs is 1. The van der Waals surface area contributed by atoms with Gasteiger partial charge in [-0.15, -0.1) is 11.3 Å². The van der Waals surface area contributed by atoms with Crippen LogP contribution in [-0.2, 0) is 6.42 Å². The standard InChI is InChI=1S/C20H23N3O2S/c1-13-14(2)26-20-18(13)19(24)22-17(23-20)10-12-21-11-4-5-15-6-8-16(25-3)9-7-15/h4-9,21H,10-12H2,1-3H3,(H,22,23,24)/b5-4+. The molecule has 6 heteroatoms. The Kier molecular flexibility index (Phi) is 5.85. The van der Waals surface area contributed by atoms with Gasteiger partial charge in [0.05, 0.1) is 12.5 Å². The third kappa shape index (κ3) is 4.20. The molecule has 0 saturated heterocycles. The first-order valence-corrected chi connectivity index (χ1v) is 9.40. The van der Waals surface area contributed by atoms with Crippen LogP contribution in [0.1, 0.15) is 21.8 Å². The van der Waals surface area contributed by atoms with Gasteiger partial charge in [-0.3, -0.25) is 4.79 Å². The third-order valence-corrected chi connectivity index (χ3v) is 5.42. The molecule has 1 aromatic carbocycles. The molecule has 0 atom stereocenters. The van der Waals surface area contributed by atoms with Gasteiger partial charge in [0.1, 0.15) is 16.4 Å². The van der Waals surface area contributed by atoms with Gasteiger partial charge in [0.15, 0.2) is 0 Å². The molecule has 0 radical (unpaired) electrons. The van der Waals surface area contributed by atoms with Crippen molar-refractivity contribution in [3.63, 3.8) is 0 Å². The number of methoxy groups -OCH3 is 1. The summed E-state index contributed by atoms with van der Waals surface area (Å²) in [7, 11) is 1.66. The number of aryl methyl sites for hydroxylation is 2. The van der Waals surface area contributed by atoms with E-state index in [1.54, 1.807) is 18.4 Å². The summed E-state index contributed by atoms with van der Waals surface area (Å²) in [5.74, 6) is 1.59. The van der Waals surface area contributed by atoms with Crippen LogP contribution in [0.5, 0.6) is 5.75 Å². The highest BCUT2D eigenvalue weighted by Gasteiger charge is 2.11. The van der Waals surface area contributed by atoms with Gasteiger partial charge >= 0.3 is 0 Å². The summed E-state index contributed by atoms with van der Waals surface area (Å²) in [6, 6.07) is 7.92. The predicted octanol–water partition coefficient (Wildman–Crippen LogP) is 3.46. The van der Waals surface area contributed by atoms with E-state index in [9.17, 15) is 4.79 Å². The number of ether oxygens (including phenoxy) is 1. The minimum atomic E-state index is -0.0359. The van der Waals surface area contributed by atoms with Crippen molar-refractivity contribution in [3.8, 4) is 5.75 Å². The Morgan fingerprint density at radius 1 is 1.27 bits per heavy atom. The second-order valence-corrected chi connectivity index (χ2v) is 7.31. The molecule has 0 amide bonds. The lowest BCUT2D eigenvalue weighted by molar-refractivity contribution is 0.415. The molecule has 0 fully saturated rings. The SMILES string of the molecule is COc1ccc(/C=C/CNCCc2nc3sc(C)c(C)c3c(=O)[nH]2)cc1. The van der Waals surface area contributed by atoms with E-state index in [-0.39, 0.29) is 5.56 Å². The van der Waals surface area contributed by atoms with Crippen LogP contribution in [0.15, 0.2) is 35.1 Å². The van der Waals surface area contributed by atoms with Gasteiger partial charge in [-0.1, -0.05) is 24.3 Å². The van der Waals surface area contributed by atoms with Crippen molar-refractivity contribution in [2.24, 2.45) is 0 Å². The summed E-state index contributed by atoms with van der Waals surface area (Å²) in [6.07, 6.45) is 4.83. The summed E-state index contributed by atoms with van der Waals surface area (Å²) in [5.41, 5.74) is 2.13. The Morgan fingerprint density at radius 3 is 2.77 bits per heavy atom. The van der Waals surface area contributed by atoms with Gasteiger partial charge in [0.25, 0.3) is 5.56 Å². The van der Waals surface area contributed by atoms with Crippen molar-refractivity contribution in [2.45, 2.75) is 20.3 Å². The first-order valence-electron chi connectivity index (χ1n) is 8.58. The number of rotatable bonds is 7. The molecule has 0 bridgehead atoms. The molecule has 0 unspecified atom stereocenters. The van der Waals surface area contributed by atoms with Gasteiger partial charge in [-0.25, -0.2) is 4.98 Å².